The summed E-state index contributed by atoms with van der Waals surface area (Å²) in [6.45, 7) is 7.18. The van der Waals surface area contributed by atoms with Crippen LogP contribution in [0.4, 0.5) is 18.0 Å². The van der Waals surface area contributed by atoms with Gasteiger partial charge in [0.1, 0.15) is 17.0 Å². The minimum atomic E-state index is -2.90. The van der Waals surface area contributed by atoms with E-state index in [2.05, 4.69) is 14.3 Å². The fourth-order valence-electron chi connectivity index (χ4n) is 3.72. The molecule has 2 aromatic carbocycles. The Morgan fingerprint density at radius 2 is 1.73 bits per heavy atom. The van der Waals surface area contributed by atoms with Crippen molar-refractivity contribution in [2.75, 3.05) is 19.5 Å². The van der Waals surface area contributed by atoms with Crippen molar-refractivity contribution in [3.63, 3.8) is 0 Å². The van der Waals surface area contributed by atoms with Gasteiger partial charge in [-0.2, -0.15) is 0 Å². The van der Waals surface area contributed by atoms with E-state index < -0.39 is 50.3 Å². The smallest absolute Gasteiger partial charge is 0.442 e. The molecule has 0 radical (unpaired) electrons. The second-order valence-corrected chi connectivity index (χ2v) is 13.0. The lowest BCUT2D eigenvalue weighted by molar-refractivity contribution is 0.0607. The van der Waals surface area contributed by atoms with Crippen LogP contribution in [0.3, 0.4) is 0 Å². The summed E-state index contributed by atoms with van der Waals surface area (Å²) in [5, 5.41) is -0.285. The number of nitrogens with zero attached hydrogens (tertiary/aromatic N) is 3. The summed E-state index contributed by atoms with van der Waals surface area (Å²) in [4.78, 5) is 19.2. The van der Waals surface area contributed by atoms with Crippen molar-refractivity contribution in [2.24, 2.45) is 4.36 Å². The Labute approximate surface area is 242 Å². The third-order valence-electron chi connectivity index (χ3n) is 5.28. The first-order valence-corrected chi connectivity index (χ1v) is 15.1. The molecule has 0 aliphatic heterocycles. The first-order chi connectivity index (χ1) is 19.1. The average molecular weight is 614 g/mol. The molecular weight excluding hydrogens is 583 g/mol. The lowest BCUT2D eigenvalue weighted by Gasteiger charge is -2.17. The molecule has 8 nitrogen and oxygen atoms in total. The second kappa shape index (κ2) is 13.5. The van der Waals surface area contributed by atoms with Crippen LogP contribution in [0.1, 0.15) is 44.7 Å². The molecule has 0 saturated heterocycles. The highest BCUT2D eigenvalue weighted by Crippen LogP contribution is 2.32. The van der Waals surface area contributed by atoms with Gasteiger partial charge < -0.3 is 14.2 Å². The molecule has 1 atom stereocenters. The van der Waals surface area contributed by atoms with Gasteiger partial charge in [0, 0.05) is 11.8 Å². The Hall–Kier alpha value is -3.38. The summed E-state index contributed by atoms with van der Waals surface area (Å²) < 4.78 is 76.2. The number of hydrogen-bond acceptors (Lipinski definition) is 7. The molecule has 0 aliphatic rings. The number of carbonyl (C=O) groups is 1. The first-order valence-electron chi connectivity index (χ1n) is 12.6. The van der Waals surface area contributed by atoms with E-state index in [-0.39, 0.29) is 29.8 Å². The van der Waals surface area contributed by atoms with Gasteiger partial charge in [-0.05, 0) is 87.5 Å². The Bertz CT molecular complexity index is 1540. The Morgan fingerprint density at radius 3 is 2.41 bits per heavy atom. The van der Waals surface area contributed by atoms with Crippen molar-refractivity contribution in [3.05, 3.63) is 70.4 Å². The third-order valence-corrected chi connectivity index (χ3v) is 6.87. The van der Waals surface area contributed by atoms with Crippen LogP contribution in [-0.4, -0.2) is 45.3 Å². The van der Waals surface area contributed by atoms with E-state index in [1.54, 1.807) is 32.9 Å². The van der Waals surface area contributed by atoms with Gasteiger partial charge in [-0.3, -0.25) is 0 Å². The van der Waals surface area contributed by atoms with Crippen molar-refractivity contribution in [1.82, 2.24) is 9.97 Å². The largest absolute Gasteiger partial charge is 0.494 e. The van der Waals surface area contributed by atoms with Gasteiger partial charge in [-0.15, -0.1) is 4.36 Å². The molecule has 0 N–H and O–H groups in total. The average Bonchev–Trinajstić information content (AvgIpc) is 2.82. The van der Waals surface area contributed by atoms with Crippen molar-refractivity contribution in [3.8, 4) is 22.8 Å². The lowest BCUT2D eigenvalue weighted by atomic mass is 10.1. The first kappa shape index (κ1) is 32.1. The highest BCUT2D eigenvalue weighted by Gasteiger charge is 2.21. The summed E-state index contributed by atoms with van der Waals surface area (Å²) in [5.41, 5.74) is 0.0761. The molecule has 1 amide bonds. The number of rotatable bonds is 10. The molecule has 3 aromatic rings. The van der Waals surface area contributed by atoms with Crippen LogP contribution < -0.4 is 9.47 Å². The number of carbonyl (C=O) groups excluding carboxylic acids is 1. The van der Waals surface area contributed by atoms with Crippen LogP contribution >= 0.6 is 11.6 Å². The van der Waals surface area contributed by atoms with Crippen molar-refractivity contribution in [1.29, 1.82) is 0 Å². The maximum Gasteiger partial charge on any atom is 0.442 e. The molecule has 222 valence electrons. The zero-order valence-corrected chi connectivity index (χ0v) is 24.9. The van der Waals surface area contributed by atoms with Crippen LogP contribution in [0.2, 0.25) is 5.28 Å². The number of halogens is 4. The summed E-state index contributed by atoms with van der Waals surface area (Å²) in [6.07, 6.45) is 2.19. The van der Waals surface area contributed by atoms with E-state index in [9.17, 15) is 22.2 Å². The Kier molecular flexibility index (Phi) is 10.6. The molecule has 41 heavy (non-hydrogen) atoms. The number of aromatic nitrogens is 2. The van der Waals surface area contributed by atoms with Crippen LogP contribution in [0.15, 0.2) is 40.9 Å². The molecule has 0 spiro atoms. The zero-order valence-electron chi connectivity index (χ0n) is 23.3. The van der Waals surface area contributed by atoms with Gasteiger partial charge in [0.05, 0.1) is 34.9 Å². The molecule has 1 heterocycles. The molecule has 1 unspecified atom stereocenters. The number of benzene rings is 2. The molecular formula is C28H31ClF3N3O5S. The van der Waals surface area contributed by atoms with Gasteiger partial charge >= 0.3 is 6.09 Å². The summed E-state index contributed by atoms with van der Waals surface area (Å²) in [5.74, 6) is -3.06. The number of hydrogen-bond donors (Lipinski definition) is 0. The molecule has 0 bridgehead atoms. The third kappa shape index (κ3) is 9.89. The SMILES string of the molecule is Cc1cc(CS(C)(=O)=NC(=O)OC(C)(C)C)cc(OCCCCOc2c(F)ccc(-c3nc(Cl)ncc3F)c2F)c1. The predicted octanol–water partition coefficient (Wildman–Crippen LogP) is 7.29. The van der Waals surface area contributed by atoms with Crippen molar-refractivity contribution in [2.45, 2.75) is 51.9 Å². The number of aryl methyl sites for hydroxylation is 1. The van der Waals surface area contributed by atoms with E-state index in [1.807, 2.05) is 13.0 Å². The number of ether oxygens (including phenoxy) is 3. The maximum atomic E-state index is 15.0. The van der Waals surface area contributed by atoms with Crippen LogP contribution in [0.25, 0.3) is 11.3 Å². The maximum absolute atomic E-state index is 15.0. The summed E-state index contributed by atoms with van der Waals surface area (Å²) in [7, 11) is -2.90. The quantitative estimate of drug-likeness (QED) is 0.175. The van der Waals surface area contributed by atoms with E-state index in [1.165, 1.54) is 6.26 Å². The second-order valence-electron chi connectivity index (χ2n) is 10.3. The molecule has 0 aliphatic carbocycles. The van der Waals surface area contributed by atoms with E-state index >= 15 is 0 Å². The van der Waals surface area contributed by atoms with Gasteiger partial charge in [0.2, 0.25) is 5.28 Å². The van der Waals surface area contributed by atoms with Gasteiger partial charge in [-0.25, -0.2) is 32.1 Å². The standard InChI is InChI=1S/C28H31ClF3N3O5S/c1-17-12-18(16-41(5,37)35-27(36)40-28(2,3)4)14-19(13-17)38-10-6-7-11-39-25-21(30)9-8-20(23(25)32)24-22(31)15-33-26(29)34-24/h8-9,12-15H,6-7,10-11,16H2,1-5H3. The molecule has 3 rings (SSSR count). The van der Waals surface area contributed by atoms with Crippen LogP contribution in [-0.2, 0) is 20.2 Å². The molecule has 1 aromatic heterocycles. The van der Waals surface area contributed by atoms with Crippen molar-refractivity contribution >= 4 is 27.4 Å². The monoisotopic (exact) mass is 613 g/mol. The highest BCUT2D eigenvalue weighted by atomic mass is 35.5. The minimum Gasteiger partial charge on any atom is -0.494 e. The lowest BCUT2D eigenvalue weighted by Crippen LogP contribution is -2.22. The highest BCUT2D eigenvalue weighted by molar-refractivity contribution is 7.92. The zero-order chi connectivity index (χ0) is 30.4. The van der Waals surface area contributed by atoms with Crippen LogP contribution in [0, 0.1) is 24.4 Å². The van der Waals surface area contributed by atoms with Crippen molar-refractivity contribution < 1.29 is 36.4 Å². The molecule has 13 heteroatoms. The number of amides is 1. The normalized spacial score (nSPS) is 12.9. The molecule has 0 saturated carbocycles. The van der Waals surface area contributed by atoms with E-state index in [4.69, 9.17) is 25.8 Å². The van der Waals surface area contributed by atoms with E-state index in [0.717, 1.165) is 23.9 Å². The topological polar surface area (TPSA) is 100.0 Å². The Balaban J connectivity index is 1.56. The van der Waals surface area contributed by atoms with Gasteiger partial charge in [-0.1, -0.05) is 6.07 Å². The van der Waals surface area contributed by atoms with Gasteiger partial charge in [0.15, 0.2) is 23.2 Å². The molecule has 0 fully saturated rings. The summed E-state index contributed by atoms with van der Waals surface area (Å²) in [6, 6.07) is 7.35. The fraction of sp³-hybridized carbons (Fsp3) is 0.393. The number of unbranched alkanes of at least 4 members (excludes halogenated alkanes) is 1. The Morgan fingerprint density at radius 1 is 1.05 bits per heavy atom. The minimum absolute atomic E-state index is 0.0272. The fourth-order valence-corrected chi connectivity index (χ4v) is 5.06. The van der Waals surface area contributed by atoms with E-state index in [0.29, 0.717) is 24.2 Å². The summed E-state index contributed by atoms with van der Waals surface area (Å²) >= 11 is 5.69. The van der Waals surface area contributed by atoms with Crippen LogP contribution in [0.5, 0.6) is 11.5 Å². The predicted molar refractivity (Wildman–Crippen MR) is 150 cm³/mol. The van der Waals surface area contributed by atoms with Gasteiger partial charge in [0.25, 0.3) is 0 Å².